The first kappa shape index (κ1) is 15.8. The van der Waals surface area contributed by atoms with Gasteiger partial charge < -0.3 is 16.2 Å². The Hall–Kier alpha value is -1.59. The van der Waals surface area contributed by atoms with E-state index in [1.807, 2.05) is 18.2 Å². The first-order valence-corrected chi connectivity index (χ1v) is 7.70. The number of rotatable bonds is 6. The number of benzene rings is 1. The zero-order valence-electron chi connectivity index (χ0n) is 12.4. The molecule has 1 amide bonds. The van der Waals surface area contributed by atoms with E-state index in [9.17, 15) is 4.79 Å². The fourth-order valence-corrected chi connectivity index (χ4v) is 2.90. The van der Waals surface area contributed by atoms with E-state index in [1.54, 1.807) is 6.07 Å². The van der Waals surface area contributed by atoms with E-state index in [0.717, 1.165) is 25.9 Å². The molecule has 1 aromatic carbocycles. The summed E-state index contributed by atoms with van der Waals surface area (Å²) < 4.78 is 0. The van der Waals surface area contributed by atoms with E-state index in [4.69, 9.17) is 10.8 Å². The molecule has 0 radical (unpaired) electrons. The van der Waals surface area contributed by atoms with Crippen molar-refractivity contribution < 1.29 is 9.90 Å². The second-order valence-electron chi connectivity index (χ2n) is 5.58. The molecule has 1 atom stereocenters. The van der Waals surface area contributed by atoms with Gasteiger partial charge in [0, 0.05) is 25.6 Å². The Bertz CT molecular complexity index is 463. The van der Waals surface area contributed by atoms with Crippen molar-refractivity contribution >= 4 is 17.3 Å². The van der Waals surface area contributed by atoms with Crippen LogP contribution in [0.3, 0.4) is 0 Å². The van der Waals surface area contributed by atoms with Crippen molar-refractivity contribution in [1.29, 1.82) is 0 Å². The molecule has 1 aromatic rings. The SMILES string of the molecule is Nc1ccccc1NC(=O)CCN1CCCCC1CCO. The summed E-state index contributed by atoms with van der Waals surface area (Å²) in [6.07, 6.45) is 4.76. The maximum Gasteiger partial charge on any atom is 0.225 e. The normalized spacial score (nSPS) is 19.4. The van der Waals surface area contributed by atoms with Gasteiger partial charge in [-0.1, -0.05) is 18.6 Å². The summed E-state index contributed by atoms with van der Waals surface area (Å²) in [5, 5.41) is 12.0. The first-order chi connectivity index (χ1) is 10.2. The minimum atomic E-state index is -0.0128. The fourth-order valence-electron chi connectivity index (χ4n) is 2.90. The lowest BCUT2D eigenvalue weighted by Gasteiger charge is -2.35. The van der Waals surface area contributed by atoms with Crippen molar-refractivity contribution in [3.05, 3.63) is 24.3 Å². The maximum absolute atomic E-state index is 12.0. The number of likely N-dealkylation sites (tertiary alicyclic amines) is 1. The molecule has 0 aromatic heterocycles. The molecule has 116 valence electrons. The highest BCUT2D eigenvalue weighted by atomic mass is 16.3. The van der Waals surface area contributed by atoms with E-state index >= 15 is 0 Å². The van der Waals surface area contributed by atoms with Gasteiger partial charge in [-0.3, -0.25) is 9.69 Å². The van der Waals surface area contributed by atoms with Crippen LogP contribution in [-0.2, 0) is 4.79 Å². The first-order valence-electron chi connectivity index (χ1n) is 7.70. The van der Waals surface area contributed by atoms with Gasteiger partial charge in [-0.25, -0.2) is 0 Å². The lowest BCUT2D eigenvalue weighted by atomic mass is 9.99. The summed E-state index contributed by atoms with van der Waals surface area (Å²) in [5.74, 6) is -0.0128. The Morgan fingerprint density at radius 1 is 1.38 bits per heavy atom. The number of nitrogen functional groups attached to an aromatic ring is 1. The zero-order valence-corrected chi connectivity index (χ0v) is 12.4. The number of nitrogens with two attached hydrogens (primary N) is 1. The number of amides is 1. The predicted molar refractivity (Wildman–Crippen MR) is 85.0 cm³/mol. The van der Waals surface area contributed by atoms with Crippen molar-refractivity contribution in [1.82, 2.24) is 4.90 Å². The van der Waals surface area contributed by atoms with Crippen LogP contribution in [0, 0.1) is 0 Å². The predicted octanol–water partition coefficient (Wildman–Crippen LogP) is 1.83. The van der Waals surface area contributed by atoms with Crippen LogP contribution in [0.25, 0.3) is 0 Å². The molecule has 0 bridgehead atoms. The van der Waals surface area contributed by atoms with E-state index in [1.165, 1.54) is 12.8 Å². The van der Waals surface area contributed by atoms with Crippen LogP contribution in [0.15, 0.2) is 24.3 Å². The van der Waals surface area contributed by atoms with E-state index in [-0.39, 0.29) is 12.5 Å². The number of anilines is 2. The molecule has 4 N–H and O–H groups in total. The van der Waals surface area contributed by atoms with E-state index in [2.05, 4.69) is 10.2 Å². The molecular formula is C16H25N3O2. The van der Waals surface area contributed by atoms with Gasteiger partial charge in [0.1, 0.15) is 0 Å². The maximum atomic E-state index is 12.0. The van der Waals surface area contributed by atoms with Crippen LogP contribution in [0.1, 0.15) is 32.1 Å². The molecule has 5 nitrogen and oxygen atoms in total. The average Bonchev–Trinajstić information content (AvgIpc) is 2.49. The molecular weight excluding hydrogens is 266 g/mol. The molecule has 0 saturated carbocycles. The molecule has 5 heteroatoms. The highest BCUT2D eigenvalue weighted by Gasteiger charge is 2.22. The smallest absolute Gasteiger partial charge is 0.225 e. The van der Waals surface area contributed by atoms with Crippen molar-refractivity contribution in [3.8, 4) is 0 Å². The number of piperidine rings is 1. The largest absolute Gasteiger partial charge is 0.397 e. The van der Waals surface area contributed by atoms with Gasteiger partial charge in [0.2, 0.25) is 5.91 Å². The summed E-state index contributed by atoms with van der Waals surface area (Å²) in [7, 11) is 0. The average molecular weight is 291 g/mol. The van der Waals surface area contributed by atoms with Crippen LogP contribution >= 0.6 is 0 Å². The topological polar surface area (TPSA) is 78.6 Å². The highest BCUT2D eigenvalue weighted by Crippen LogP contribution is 2.20. The highest BCUT2D eigenvalue weighted by molar-refractivity contribution is 5.93. The Labute approximate surface area is 126 Å². The number of carbonyl (C=O) groups excluding carboxylic acids is 1. The molecule has 2 rings (SSSR count). The third-order valence-corrected chi connectivity index (χ3v) is 4.07. The quantitative estimate of drug-likeness (QED) is 0.699. The number of hydrogen-bond acceptors (Lipinski definition) is 4. The van der Waals surface area contributed by atoms with E-state index in [0.29, 0.717) is 23.8 Å². The summed E-state index contributed by atoms with van der Waals surface area (Å²) in [6.45, 7) is 1.97. The lowest BCUT2D eigenvalue weighted by Crippen LogP contribution is -2.41. The Kier molecular flexibility index (Phi) is 6.02. The summed E-state index contributed by atoms with van der Waals surface area (Å²) in [4.78, 5) is 14.4. The van der Waals surface area contributed by atoms with Gasteiger partial charge >= 0.3 is 0 Å². The van der Waals surface area contributed by atoms with Crippen LogP contribution in [0.5, 0.6) is 0 Å². The molecule has 21 heavy (non-hydrogen) atoms. The third kappa shape index (κ3) is 4.72. The van der Waals surface area contributed by atoms with E-state index < -0.39 is 0 Å². The minimum absolute atomic E-state index is 0.0128. The lowest BCUT2D eigenvalue weighted by molar-refractivity contribution is -0.116. The summed E-state index contributed by atoms with van der Waals surface area (Å²) >= 11 is 0. The molecule has 1 fully saturated rings. The molecule has 0 spiro atoms. The molecule has 1 aliphatic heterocycles. The van der Waals surface area contributed by atoms with Crippen molar-refractivity contribution in [2.75, 3.05) is 30.7 Å². The second kappa shape index (κ2) is 8.00. The molecule has 1 unspecified atom stereocenters. The third-order valence-electron chi connectivity index (χ3n) is 4.07. The van der Waals surface area contributed by atoms with Crippen LogP contribution in [-0.4, -0.2) is 41.7 Å². The zero-order chi connectivity index (χ0) is 15.1. The van der Waals surface area contributed by atoms with Crippen LogP contribution in [0.2, 0.25) is 0 Å². The van der Waals surface area contributed by atoms with Gasteiger partial charge in [-0.15, -0.1) is 0 Å². The number of nitrogens with one attached hydrogen (secondary N) is 1. The standard InChI is InChI=1S/C16H25N3O2/c17-14-6-1-2-7-15(14)18-16(21)8-11-19-10-4-3-5-13(19)9-12-20/h1-2,6-7,13,20H,3-5,8-12,17H2,(H,18,21). The summed E-state index contributed by atoms with van der Waals surface area (Å²) in [6, 6.07) is 7.70. The van der Waals surface area contributed by atoms with Crippen LogP contribution in [0.4, 0.5) is 11.4 Å². The van der Waals surface area contributed by atoms with Gasteiger partial charge in [0.25, 0.3) is 0 Å². The Balaban J connectivity index is 1.81. The number of aliphatic hydroxyl groups is 1. The van der Waals surface area contributed by atoms with Crippen molar-refractivity contribution in [2.45, 2.75) is 38.1 Å². The molecule has 1 heterocycles. The Morgan fingerprint density at radius 2 is 2.19 bits per heavy atom. The Morgan fingerprint density at radius 3 is 2.95 bits per heavy atom. The number of para-hydroxylation sites is 2. The summed E-state index contributed by atoms with van der Waals surface area (Å²) in [5.41, 5.74) is 7.08. The second-order valence-corrected chi connectivity index (χ2v) is 5.58. The van der Waals surface area contributed by atoms with Crippen molar-refractivity contribution in [2.24, 2.45) is 0 Å². The fraction of sp³-hybridized carbons (Fsp3) is 0.562. The minimum Gasteiger partial charge on any atom is -0.397 e. The number of carbonyl (C=O) groups is 1. The molecule has 1 saturated heterocycles. The number of hydrogen-bond donors (Lipinski definition) is 3. The van der Waals surface area contributed by atoms with Gasteiger partial charge in [-0.2, -0.15) is 0 Å². The monoisotopic (exact) mass is 291 g/mol. The van der Waals surface area contributed by atoms with Gasteiger partial charge in [0.05, 0.1) is 11.4 Å². The van der Waals surface area contributed by atoms with Gasteiger partial charge in [0.15, 0.2) is 0 Å². The number of nitrogens with zero attached hydrogens (tertiary/aromatic N) is 1. The number of aliphatic hydroxyl groups excluding tert-OH is 1. The van der Waals surface area contributed by atoms with Crippen LogP contribution < -0.4 is 11.1 Å². The van der Waals surface area contributed by atoms with Gasteiger partial charge in [-0.05, 0) is 37.9 Å². The van der Waals surface area contributed by atoms with Crippen molar-refractivity contribution in [3.63, 3.8) is 0 Å². The molecule has 0 aliphatic carbocycles. The molecule has 1 aliphatic rings.